The van der Waals surface area contributed by atoms with Crippen molar-refractivity contribution >= 4 is 27.6 Å². The summed E-state index contributed by atoms with van der Waals surface area (Å²) >= 11 is 3.38. The zero-order valence-corrected chi connectivity index (χ0v) is 13.1. The Balaban J connectivity index is 2.30. The van der Waals surface area contributed by atoms with E-state index in [-0.39, 0.29) is 12.4 Å². The summed E-state index contributed by atoms with van der Waals surface area (Å²) in [6.07, 6.45) is 0. The largest absolute Gasteiger partial charge is 0.464 e. The summed E-state index contributed by atoms with van der Waals surface area (Å²) in [5.74, 6) is -0.767. The van der Waals surface area contributed by atoms with E-state index in [2.05, 4.69) is 21.2 Å². The van der Waals surface area contributed by atoms with E-state index < -0.39 is 12.0 Å². The molecule has 21 heavy (non-hydrogen) atoms. The van der Waals surface area contributed by atoms with Crippen LogP contribution in [0.4, 0.5) is 10.1 Å². The molecule has 1 N–H and O–H groups in total. The van der Waals surface area contributed by atoms with Gasteiger partial charge in [-0.2, -0.15) is 0 Å². The van der Waals surface area contributed by atoms with Crippen LogP contribution in [0.1, 0.15) is 18.5 Å². The first-order valence-electron chi connectivity index (χ1n) is 6.54. The fourth-order valence-electron chi connectivity index (χ4n) is 1.94. The lowest BCUT2D eigenvalue weighted by atomic mass is 10.1. The predicted octanol–water partition coefficient (Wildman–Crippen LogP) is 4.30. The molecule has 0 heterocycles. The third-order valence-electron chi connectivity index (χ3n) is 2.84. The van der Waals surface area contributed by atoms with Gasteiger partial charge < -0.3 is 10.1 Å². The normalized spacial score (nSPS) is 11.8. The molecule has 0 aliphatic heterocycles. The van der Waals surface area contributed by atoms with Crippen LogP contribution in [0.25, 0.3) is 0 Å². The highest BCUT2D eigenvalue weighted by molar-refractivity contribution is 9.10. The Morgan fingerprint density at radius 2 is 2.05 bits per heavy atom. The van der Waals surface area contributed by atoms with Gasteiger partial charge in [-0.3, -0.25) is 0 Å². The number of anilines is 1. The Kier molecular flexibility index (Phi) is 5.33. The molecule has 0 amide bonds. The van der Waals surface area contributed by atoms with E-state index in [0.29, 0.717) is 5.69 Å². The molecule has 3 nitrogen and oxygen atoms in total. The maximum atomic E-state index is 13.3. The minimum atomic E-state index is -0.691. The highest BCUT2D eigenvalue weighted by Gasteiger charge is 2.22. The summed E-state index contributed by atoms with van der Waals surface area (Å²) in [6.45, 7) is 2.03. The molecule has 0 saturated carbocycles. The summed E-state index contributed by atoms with van der Waals surface area (Å²) < 4.78 is 19.2. The van der Waals surface area contributed by atoms with Gasteiger partial charge in [0.05, 0.1) is 6.61 Å². The van der Waals surface area contributed by atoms with E-state index in [9.17, 15) is 9.18 Å². The average molecular weight is 352 g/mol. The van der Waals surface area contributed by atoms with Gasteiger partial charge in [-0.15, -0.1) is 0 Å². The van der Waals surface area contributed by atoms with Crippen LogP contribution in [-0.2, 0) is 9.53 Å². The second-order valence-electron chi connectivity index (χ2n) is 4.39. The maximum Gasteiger partial charge on any atom is 0.333 e. The number of carbonyl (C=O) groups excluding carboxylic acids is 1. The van der Waals surface area contributed by atoms with E-state index in [1.165, 1.54) is 12.1 Å². The fourth-order valence-corrected chi connectivity index (χ4v) is 2.35. The number of benzene rings is 2. The lowest BCUT2D eigenvalue weighted by molar-refractivity contribution is -0.144. The molecule has 110 valence electrons. The van der Waals surface area contributed by atoms with Crippen molar-refractivity contribution in [2.75, 3.05) is 11.9 Å². The van der Waals surface area contributed by atoms with Crippen molar-refractivity contribution in [2.24, 2.45) is 0 Å². The van der Waals surface area contributed by atoms with Crippen LogP contribution in [0.3, 0.4) is 0 Å². The minimum absolute atomic E-state index is 0.286. The SMILES string of the molecule is CCOC(=O)C(Nc1cccc(F)c1)c1cccc(Br)c1. The zero-order valence-electron chi connectivity index (χ0n) is 11.5. The lowest BCUT2D eigenvalue weighted by Crippen LogP contribution is -2.23. The number of esters is 1. The first-order chi connectivity index (χ1) is 10.1. The topological polar surface area (TPSA) is 38.3 Å². The van der Waals surface area contributed by atoms with Gasteiger partial charge in [-0.1, -0.05) is 34.1 Å². The molecule has 2 rings (SSSR count). The molecule has 0 aliphatic rings. The van der Waals surface area contributed by atoms with Crippen LogP contribution in [0.2, 0.25) is 0 Å². The molecule has 0 aliphatic carbocycles. The predicted molar refractivity (Wildman–Crippen MR) is 83.5 cm³/mol. The number of ether oxygens (including phenoxy) is 1. The fraction of sp³-hybridized carbons (Fsp3) is 0.188. The van der Waals surface area contributed by atoms with Crippen LogP contribution in [-0.4, -0.2) is 12.6 Å². The van der Waals surface area contributed by atoms with Crippen LogP contribution < -0.4 is 5.32 Å². The number of hydrogen-bond acceptors (Lipinski definition) is 3. The van der Waals surface area contributed by atoms with Crippen molar-refractivity contribution in [1.29, 1.82) is 0 Å². The number of rotatable bonds is 5. The summed E-state index contributed by atoms with van der Waals surface area (Å²) in [5.41, 5.74) is 1.26. The molecule has 0 spiro atoms. The van der Waals surface area contributed by atoms with Gasteiger partial charge >= 0.3 is 5.97 Å². The number of hydrogen-bond donors (Lipinski definition) is 1. The van der Waals surface area contributed by atoms with E-state index in [0.717, 1.165) is 10.0 Å². The van der Waals surface area contributed by atoms with Crippen molar-refractivity contribution in [3.05, 3.63) is 64.4 Å². The van der Waals surface area contributed by atoms with Gasteiger partial charge in [0.1, 0.15) is 5.82 Å². The molecule has 0 fully saturated rings. The van der Waals surface area contributed by atoms with Gasteiger partial charge in [-0.25, -0.2) is 9.18 Å². The number of nitrogens with one attached hydrogen (secondary N) is 1. The maximum absolute atomic E-state index is 13.3. The summed E-state index contributed by atoms with van der Waals surface area (Å²) in [4.78, 5) is 12.2. The quantitative estimate of drug-likeness (QED) is 0.816. The zero-order chi connectivity index (χ0) is 15.2. The van der Waals surface area contributed by atoms with Crippen molar-refractivity contribution in [1.82, 2.24) is 0 Å². The molecular formula is C16H15BrFNO2. The smallest absolute Gasteiger partial charge is 0.333 e. The van der Waals surface area contributed by atoms with Gasteiger partial charge in [0.25, 0.3) is 0 Å². The van der Waals surface area contributed by atoms with E-state index in [1.807, 2.05) is 24.3 Å². The molecule has 2 aromatic carbocycles. The molecule has 0 aromatic heterocycles. The molecule has 0 saturated heterocycles. The first-order valence-corrected chi connectivity index (χ1v) is 7.33. The molecule has 1 atom stereocenters. The summed E-state index contributed by atoms with van der Waals surface area (Å²) in [5, 5.41) is 3.01. The Morgan fingerprint density at radius 1 is 1.29 bits per heavy atom. The van der Waals surface area contributed by atoms with Crippen LogP contribution in [0, 0.1) is 5.82 Å². The Labute approximate surface area is 131 Å². The molecule has 0 bridgehead atoms. The van der Waals surface area contributed by atoms with Crippen molar-refractivity contribution in [2.45, 2.75) is 13.0 Å². The Morgan fingerprint density at radius 3 is 2.71 bits per heavy atom. The van der Waals surface area contributed by atoms with Crippen molar-refractivity contribution in [3.63, 3.8) is 0 Å². The Hall–Kier alpha value is -1.88. The van der Waals surface area contributed by atoms with Gasteiger partial charge in [0.2, 0.25) is 0 Å². The highest BCUT2D eigenvalue weighted by Crippen LogP contribution is 2.24. The summed E-state index contributed by atoms with van der Waals surface area (Å²) in [6, 6.07) is 12.6. The van der Waals surface area contributed by atoms with E-state index in [4.69, 9.17) is 4.74 Å². The average Bonchev–Trinajstić information content (AvgIpc) is 2.45. The molecule has 1 unspecified atom stereocenters. The highest BCUT2D eigenvalue weighted by atomic mass is 79.9. The van der Waals surface area contributed by atoms with Crippen LogP contribution in [0.5, 0.6) is 0 Å². The van der Waals surface area contributed by atoms with Gasteiger partial charge in [0.15, 0.2) is 6.04 Å². The van der Waals surface area contributed by atoms with Crippen LogP contribution in [0.15, 0.2) is 53.0 Å². The summed E-state index contributed by atoms with van der Waals surface area (Å²) in [7, 11) is 0. The van der Waals surface area contributed by atoms with Crippen molar-refractivity contribution < 1.29 is 13.9 Å². The molecular weight excluding hydrogens is 337 g/mol. The Bertz CT molecular complexity index is 633. The van der Waals surface area contributed by atoms with Crippen molar-refractivity contribution in [3.8, 4) is 0 Å². The second-order valence-corrected chi connectivity index (χ2v) is 5.31. The molecule has 0 radical (unpaired) electrons. The molecule has 2 aromatic rings. The van der Waals surface area contributed by atoms with E-state index in [1.54, 1.807) is 19.1 Å². The molecule has 5 heteroatoms. The third-order valence-corrected chi connectivity index (χ3v) is 3.33. The third kappa shape index (κ3) is 4.29. The number of carbonyl (C=O) groups is 1. The monoisotopic (exact) mass is 351 g/mol. The second kappa shape index (κ2) is 7.22. The van der Waals surface area contributed by atoms with E-state index >= 15 is 0 Å². The lowest BCUT2D eigenvalue weighted by Gasteiger charge is -2.19. The first kappa shape index (κ1) is 15.5. The van der Waals surface area contributed by atoms with Gasteiger partial charge in [0, 0.05) is 10.2 Å². The standard InChI is InChI=1S/C16H15BrFNO2/c1-2-21-16(20)15(11-5-3-6-12(17)9-11)19-14-8-4-7-13(18)10-14/h3-10,15,19H,2H2,1H3. The minimum Gasteiger partial charge on any atom is -0.464 e. The van der Waals surface area contributed by atoms with Crippen LogP contribution >= 0.6 is 15.9 Å². The number of halogens is 2. The van der Waals surface area contributed by atoms with Gasteiger partial charge in [-0.05, 0) is 42.8 Å².